The maximum Gasteiger partial charge on any atom is 0.308 e. The molecule has 1 heterocycles. The van der Waals surface area contributed by atoms with Crippen molar-refractivity contribution in [3.8, 4) is 0 Å². The zero-order valence-electron chi connectivity index (χ0n) is 12.6. The number of nitrogens with zero attached hydrogens (tertiary/aromatic N) is 1. The van der Waals surface area contributed by atoms with Crippen LogP contribution in [-0.4, -0.2) is 37.0 Å². The number of rotatable bonds is 3. The van der Waals surface area contributed by atoms with Crippen molar-refractivity contribution in [3.05, 3.63) is 29.3 Å². The zero-order valence-corrected chi connectivity index (χ0v) is 12.6. The van der Waals surface area contributed by atoms with Crippen LogP contribution in [0.15, 0.2) is 18.2 Å². The lowest BCUT2D eigenvalue weighted by atomic mass is 9.96. The van der Waals surface area contributed by atoms with Crippen LogP contribution in [0.4, 0.5) is 5.69 Å². The van der Waals surface area contributed by atoms with E-state index in [1.165, 1.54) is 7.11 Å². The minimum absolute atomic E-state index is 0.00742. The molecule has 1 aromatic carbocycles. The number of carbonyl (C=O) groups is 2. The van der Waals surface area contributed by atoms with Crippen LogP contribution in [0.5, 0.6) is 0 Å². The van der Waals surface area contributed by atoms with E-state index >= 15 is 0 Å². The van der Waals surface area contributed by atoms with E-state index in [-0.39, 0.29) is 17.8 Å². The van der Waals surface area contributed by atoms with E-state index in [9.17, 15) is 9.59 Å². The summed E-state index contributed by atoms with van der Waals surface area (Å²) in [5, 5.41) is 0. The van der Waals surface area contributed by atoms with Gasteiger partial charge in [-0.15, -0.1) is 0 Å². The van der Waals surface area contributed by atoms with Crippen LogP contribution < -0.4 is 5.73 Å². The van der Waals surface area contributed by atoms with E-state index in [0.717, 1.165) is 17.7 Å². The van der Waals surface area contributed by atoms with Gasteiger partial charge in [-0.1, -0.05) is 6.92 Å². The summed E-state index contributed by atoms with van der Waals surface area (Å²) in [5.74, 6) is -0.257. The lowest BCUT2D eigenvalue weighted by molar-refractivity contribution is -0.146. The Morgan fingerprint density at radius 1 is 1.33 bits per heavy atom. The fourth-order valence-corrected chi connectivity index (χ4v) is 2.71. The molecule has 5 nitrogen and oxygen atoms in total. The quantitative estimate of drug-likeness (QED) is 0.681. The standard InChI is InChI=1S/C16H22N2O3/c1-3-11-10-13(4-5-14(11)17)15(19)18-8-6-12(7-9-18)16(20)21-2/h4-5,10,12H,3,6-9,17H2,1-2H3. The summed E-state index contributed by atoms with van der Waals surface area (Å²) in [5.41, 5.74) is 8.25. The number of carbonyl (C=O) groups excluding carboxylic acids is 2. The number of likely N-dealkylation sites (tertiary alicyclic amines) is 1. The van der Waals surface area contributed by atoms with E-state index < -0.39 is 0 Å². The largest absolute Gasteiger partial charge is 0.469 e. The molecule has 0 saturated carbocycles. The minimum atomic E-state index is -0.178. The number of ether oxygens (including phenoxy) is 1. The Balaban J connectivity index is 2.03. The number of amides is 1. The first-order valence-electron chi connectivity index (χ1n) is 7.32. The van der Waals surface area contributed by atoms with Crippen molar-refractivity contribution >= 4 is 17.6 Å². The summed E-state index contributed by atoms with van der Waals surface area (Å²) in [6, 6.07) is 5.42. The summed E-state index contributed by atoms with van der Waals surface area (Å²) in [4.78, 5) is 25.8. The van der Waals surface area contributed by atoms with Gasteiger partial charge in [-0.2, -0.15) is 0 Å². The molecule has 2 N–H and O–H groups in total. The Hall–Kier alpha value is -2.04. The molecule has 0 spiro atoms. The Morgan fingerprint density at radius 2 is 2.00 bits per heavy atom. The van der Waals surface area contributed by atoms with Gasteiger partial charge in [0.15, 0.2) is 0 Å². The number of anilines is 1. The fraction of sp³-hybridized carbons (Fsp3) is 0.500. The van der Waals surface area contributed by atoms with Gasteiger partial charge in [-0.3, -0.25) is 9.59 Å². The molecule has 1 saturated heterocycles. The maximum atomic E-state index is 12.5. The van der Waals surface area contributed by atoms with Gasteiger partial charge in [0.2, 0.25) is 0 Å². The van der Waals surface area contributed by atoms with Gasteiger partial charge in [-0.05, 0) is 43.0 Å². The minimum Gasteiger partial charge on any atom is -0.469 e. The molecule has 1 aromatic rings. The highest BCUT2D eigenvalue weighted by Gasteiger charge is 2.28. The smallest absolute Gasteiger partial charge is 0.308 e. The van der Waals surface area contributed by atoms with Crippen LogP contribution in [0.25, 0.3) is 0 Å². The van der Waals surface area contributed by atoms with Gasteiger partial charge in [0.1, 0.15) is 0 Å². The summed E-state index contributed by atoms with van der Waals surface area (Å²) < 4.78 is 4.76. The number of nitrogens with two attached hydrogens (primary N) is 1. The van der Waals surface area contributed by atoms with Crippen LogP contribution in [0.2, 0.25) is 0 Å². The van der Waals surface area contributed by atoms with E-state index in [4.69, 9.17) is 10.5 Å². The van der Waals surface area contributed by atoms with Crippen molar-refractivity contribution in [2.75, 3.05) is 25.9 Å². The third-order valence-electron chi connectivity index (χ3n) is 4.09. The average Bonchev–Trinajstić information content (AvgIpc) is 2.54. The fourth-order valence-electron chi connectivity index (χ4n) is 2.71. The molecule has 2 rings (SSSR count). The van der Waals surface area contributed by atoms with Gasteiger partial charge >= 0.3 is 5.97 Å². The predicted octanol–water partition coefficient (Wildman–Crippen LogP) is 1.86. The summed E-state index contributed by atoms with van der Waals surface area (Å²) in [6.45, 7) is 3.19. The van der Waals surface area contributed by atoms with Gasteiger partial charge in [0, 0.05) is 24.3 Å². The Bertz CT molecular complexity index is 534. The second-order valence-corrected chi connectivity index (χ2v) is 5.36. The Labute approximate surface area is 125 Å². The number of hydrogen-bond donors (Lipinski definition) is 1. The number of methoxy groups -OCH3 is 1. The van der Waals surface area contributed by atoms with Crippen LogP contribution >= 0.6 is 0 Å². The number of esters is 1. The number of hydrogen-bond acceptors (Lipinski definition) is 4. The average molecular weight is 290 g/mol. The Kier molecular flexibility index (Phi) is 4.83. The molecule has 1 amide bonds. The van der Waals surface area contributed by atoms with Crippen LogP contribution in [-0.2, 0) is 16.0 Å². The van der Waals surface area contributed by atoms with Crippen molar-refractivity contribution in [1.29, 1.82) is 0 Å². The van der Waals surface area contributed by atoms with Crippen LogP contribution in [0.1, 0.15) is 35.7 Å². The van der Waals surface area contributed by atoms with Gasteiger partial charge < -0.3 is 15.4 Å². The molecular formula is C16H22N2O3. The topological polar surface area (TPSA) is 72.6 Å². The molecule has 21 heavy (non-hydrogen) atoms. The second kappa shape index (κ2) is 6.61. The van der Waals surface area contributed by atoms with Crippen molar-refractivity contribution in [2.45, 2.75) is 26.2 Å². The van der Waals surface area contributed by atoms with Gasteiger partial charge in [0.05, 0.1) is 13.0 Å². The highest BCUT2D eigenvalue weighted by molar-refractivity contribution is 5.95. The first kappa shape index (κ1) is 15.4. The van der Waals surface area contributed by atoms with Gasteiger partial charge in [0.25, 0.3) is 5.91 Å². The predicted molar refractivity (Wildman–Crippen MR) is 80.9 cm³/mol. The van der Waals surface area contributed by atoms with Crippen molar-refractivity contribution in [3.63, 3.8) is 0 Å². The first-order valence-corrected chi connectivity index (χ1v) is 7.32. The molecule has 0 unspecified atom stereocenters. The molecular weight excluding hydrogens is 268 g/mol. The van der Waals surface area contributed by atoms with Crippen LogP contribution in [0, 0.1) is 5.92 Å². The SMILES string of the molecule is CCc1cc(C(=O)N2CCC(C(=O)OC)CC2)ccc1N. The molecule has 0 bridgehead atoms. The lowest BCUT2D eigenvalue weighted by Gasteiger charge is -2.30. The monoisotopic (exact) mass is 290 g/mol. The zero-order chi connectivity index (χ0) is 15.4. The summed E-state index contributed by atoms with van der Waals surface area (Å²) in [6.07, 6.45) is 2.12. The molecule has 114 valence electrons. The molecule has 0 aromatic heterocycles. The normalized spacial score (nSPS) is 15.8. The van der Waals surface area contributed by atoms with Gasteiger partial charge in [-0.25, -0.2) is 0 Å². The van der Waals surface area contributed by atoms with Crippen molar-refractivity contribution < 1.29 is 14.3 Å². The van der Waals surface area contributed by atoms with E-state index in [0.29, 0.717) is 31.5 Å². The highest BCUT2D eigenvalue weighted by Crippen LogP contribution is 2.22. The van der Waals surface area contributed by atoms with Crippen molar-refractivity contribution in [1.82, 2.24) is 4.90 Å². The molecule has 0 aliphatic carbocycles. The lowest BCUT2D eigenvalue weighted by Crippen LogP contribution is -2.40. The third kappa shape index (κ3) is 3.35. The van der Waals surface area contributed by atoms with E-state index in [1.807, 2.05) is 13.0 Å². The molecule has 0 radical (unpaired) electrons. The Morgan fingerprint density at radius 3 is 2.57 bits per heavy atom. The third-order valence-corrected chi connectivity index (χ3v) is 4.09. The van der Waals surface area contributed by atoms with E-state index in [1.54, 1.807) is 17.0 Å². The summed E-state index contributed by atoms with van der Waals surface area (Å²) in [7, 11) is 1.40. The highest BCUT2D eigenvalue weighted by atomic mass is 16.5. The second-order valence-electron chi connectivity index (χ2n) is 5.36. The number of aryl methyl sites for hydroxylation is 1. The number of nitrogen functional groups attached to an aromatic ring is 1. The van der Waals surface area contributed by atoms with Crippen LogP contribution in [0.3, 0.4) is 0 Å². The molecule has 0 atom stereocenters. The molecule has 1 aliphatic heterocycles. The van der Waals surface area contributed by atoms with E-state index in [2.05, 4.69) is 0 Å². The summed E-state index contributed by atoms with van der Waals surface area (Å²) >= 11 is 0. The van der Waals surface area contributed by atoms with Crippen molar-refractivity contribution in [2.24, 2.45) is 5.92 Å². The first-order chi connectivity index (χ1) is 10.1. The number of piperidine rings is 1. The molecule has 5 heteroatoms. The molecule has 1 aliphatic rings. The maximum absolute atomic E-state index is 12.5. The molecule has 1 fully saturated rings. The number of benzene rings is 1.